The zero-order valence-corrected chi connectivity index (χ0v) is 30.7. The van der Waals surface area contributed by atoms with E-state index in [-0.39, 0.29) is 59.2 Å². The van der Waals surface area contributed by atoms with Crippen LogP contribution in [0.2, 0.25) is 0 Å². The van der Waals surface area contributed by atoms with Crippen molar-refractivity contribution < 1.29 is 43.5 Å². The smallest absolute Gasteiger partial charge is 0.342 e. The Morgan fingerprint density at radius 1 is 1.00 bits per heavy atom. The number of hydrogen-bond acceptors (Lipinski definition) is 11. The number of nitrogens with one attached hydrogen (secondary N) is 2. The van der Waals surface area contributed by atoms with E-state index in [9.17, 15) is 34.2 Å². The maximum absolute atomic E-state index is 13.8. The minimum Gasteiger partial charge on any atom is -0.507 e. The van der Waals surface area contributed by atoms with Crippen LogP contribution in [0.25, 0.3) is 17.1 Å². The van der Waals surface area contributed by atoms with E-state index in [4.69, 9.17) is 18.9 Å². The summed E-state index contributed by atoms with van der Waals surface area (Å²) in [5, 5.41) is 26.3. The van der Waals surface area contributed by atoms with E-state index in [1.807, 2.05) is 0 Å². The predicted octanol–water partition coefficient (Wildman–Crippen LogP) is 4.95. The number of allylic oxidation sites excluding steroid dienone is 1. The molecule has 0 aliphatic carbocycles. The zero-order valence-electron chi connectivity index (χ0n) is 30.7. The average molecular weight is 744 g/mol. The lowest BCUT2D eigenvalue weighted by atomic mass is 9.84. The summed E-state index contributed by atoms with van der Waals surface area (Å²) in [6.45, 7) is 1.63. The van der Waals surface area contributed by atoms with Crippen LogP contribution in [0.5, 0.6) is 28.7 Å². The van der Waals surface area contributed by atoms with Crippen LogP contribution < -0.4 is 30.6 Å². The molecule has 5 rings (SSSR count). The second-order valence-corrected chi connectivity index (χ2v) is 13.1. The van der Waals surface area contributed by atoms with Crippen LogP contribution in [0.3, 0.4) is 0 Å². The summed E-state index contributed by atoms with van der Waals surface area (Å²) in [5.74, 6) is -2.57. The summed E-state index contributed by atoms with van der Waals surface area (Å²) < 4.78 is 23.6. The molecule has 14 nitrogen and oxygen atoms in total. The number of esters is 1. The number of amides is 1. The molecule has 14 heteroatoms. The fourth-order valence-corrected chi connectivity index (χ4v) is 6.72. The first-order valence-corrected chi connectivity index (χ1v) is 17.7. The van der Waals surface area contributed by atoms with Crippen LogP contribution in [0.15, 0.2) is 58.1 Å². The molecule has 2 heterocycles. The van der Waals surface area contributed by atoms with Crippen LogP contribution in [-0.2, 0) is 20.9 Å². The number of methoxy groups -OCH3 is 3. The van der Waals surface area contributed by atoms with Crippen LogP contribution >= 0.6 is 0 Å². The van der Waals surface area contributed by atoms with Gasteiger partial charge >= 0.3 is 17.1 Å². The SMILES string of the molecule is COc1cc(C(CC(=O)NCCn2c(=O)c(=O)[nH]c3ccccc32)c2c(O)cc3c(c2O)C(=O)OC(C)CCCC(=O)CCCC=C3)cc(OC)c1OC. The third-order valence-electron chi connectivity index (χ3n) is 9.42. The van der Waals surface area contributed by atoms with Gasteiger partial charge in [-0.05, 0) is 74.1 Å². The number of nitrogens with zero attached hydrogens (tertiary/aromatic N) is 1. The molecule has 0 saturated carbocycles. The van der Waals surface area contributed by atoms with Crippen molar-refractivity contribution in [3.8, 4) is 28.7 Å². The molecule has 1 aliphatic rings. The van der Waals surface area contributed by atoms with E-state index in [1.54, 1.807) is 55.5 Å². The number of carbonyl (C=O) groups is 3. The number of ether oxygens (including phenoxy) is 4. The van der Waals surface area contributed by atoms with Gasteiger partial charge in [0.1, 0.15) is 22.8 Å². The van der Waals surface area contributed by atoms with Gasteiger partial charge in [0.15, 0.2) is 11.5 Å². The number of hydrogen-bond donors (Lipinski definition) is 4. The minimum absolute atomic E-state index is 0.0241. The van der Waals surface area contributed by atoms with Gasteiger partial charge in [-0.3, -0.25) is 19.2 Å². The highest BCUT2D eigenvalue weighted by Gasteiger charge is 2.32. The van der Waals surface area contributed by atoms with Crippen LogP contribution in [-0.4, -0.2) is 71.4 Å². The fourth-order valence-electron chi connectivity index (χ4n) is 6.72. The van der Waals surface area contributed by atoms with Gasteiger partial charge in [0, 0.05) is 43.8 Å². The number of carbonyl (C=O) groups excluding carboxylic acids is 3. The number of rotatable bonds is 10. The van der Waals surface area contributed by atoms with Crippen LogP contribution in [0.1, 0.15) is 84.8 Å². The summed E-state index contributed by atoms with van der Waals surface area (Å²) >= 11 is 0. The topological polar surface area (TPSA) is 195 Å². The third-order valence-corrected chi connectivity index (χ3v) is 9.42. The first kappa shape index (κ1) is 39.2. The number of aromatic nitrogens is 2. The number of fused-ring (bicyclic) bond motifs is 2. The Kier molecular flexibility index (Phi) is 12.8. The summed E-state index contributed by atoms with van der Waals surface area (Å²) in [5.41, 5.74) is -0.396. The lowest BCUT2D eigenvalue weighted by Gasteiger charge is -2.24. The van der Waals surface area contributed by atoms with Crippen molar-refractivity contribution in [3.63, 3.8) is 0 Å². The Morgan fingerprint density at radius 2 is 1.70 bits per heavy atom. The maximum Gasteiger partial charge on any atom is 0.342 e. The molecule has 2 unspecified atom stereocenters. The highest BCUT2D eigenvalue weighted by atomic mass is 16.5. The largest absolute Gasteiger partial charge is 0.507 e. The highest BCUT2D eigenvalue weighted by Crippen LogP contribution is 2.47. The number of phenols is 2. The van der Waals surface area contributed by atoms with E-state index in [1.165, 1.54) is 32.0 Å². The molecule has 0 fully saturated rings. The molecule has 54 heavy (non-hydrogen) atoms. The monoisotopic (exact) mass is 743 g/mol. The number of aromatic amines is 1. The Balaban J connectivity index is 1.56. The van der Waals surface area contributed by atoms with Gasteiger partial charge in [-0.15, -0.1) is 0 Å². The minimum atomic E-state index is -1.10. The Bertz CT molecular complexity index is 2160. The number of H-pyrrole nitrogens is 1. The second kappa shape index (κ2) is 17.6. The van der Waals surface area contributed by atoms with Gasteiger partial charge in [-0.2, -0.15) is 0 Å². The molecule has 4 aromatic rings. The third kappa shape index (κ3) is 8.76. The lowest BCUT2D eigenvalue weighted by Crippen LogP contribution is -2.39. The second-order valence-electron chi connectivity index (χ2n) is 13.1. The van der Waals surface area contributed by atoms with E-state index < -0.39 is 46.5 Å². The molecular weight excluding hydrogens is 698 g/mol. The van der Waals surface area contributed by atoms with Gasteiger partial charge in [0.25, 0.3) is 0 Å². The molecule has 0 radical (unpaired) electrons. The Labute approximate surface area is 311 Å². The lowest BCUT2D eigenvalue weighted by molar-refractivity contribution is -0.121. The molecule has 1 amide bonds. The zero-order chi connectivity index (χ0) is 38.9. The van der Waals surface area contributed by atoms with Gasteiger partial charge in [-0.25, -0.2) is 4.79 Å². The quantitative estimate of drug-likeness (QED) is 0.127. The van der Waals surface area contributed by atoms with Gasteiger partial charge in [-0.1, -0.05) is 24.3 Å². The van der Waals surface area contributed by atoms with E-state index >= 15 is 0 Å². The van der Waals surface area contributed by atoms with Crippen molar-refractivity contribution in [2.24, 2.45) is 0 Å². The summed E-state index contributed by atoms with van der Waals surface area (Å²) in [4.78, 5) is 67.4. The standard InChI is InChI=1S/C40H45N3O11/c1-23-11-10-14-26(44)13-7-5-6-12-24-19-30(45)35(36(47)34(24)40(50)54-23)27(25-20-31(51-2)37(53-4)32(21-25)52-3)22-33(46)41-17-18-43-29-16-9-8-15-28(29)42-38(48)39(43)49/h6,8-9,12,15-16,19-21,23,27,45,47H,5,7,10-11,13-14,17-18,22H2,1-4H3,(H,41,46)(H,42,48). The highest BCUT2D eigenvalue weighted by molar-refractivity contribution is 5.98. The number of ketones is 1. The summed E-state index contributed by atoms with van der Waals surface area (Å²) in [6, 6.07) is 11.3. The summed E-state index contributed by atoms with van der Waals surface area (Å²) in [7, 11) is 4.27. The molecule has 3 aromatic carbocycles. The molecular formula is C40H45N3O11. The summed E-state index contributed by atoms with van der Waals surface area (Å²) in [6.07, 6.45) is 5.28. The number of cyclic esters (lactones) is 1. The molecule has 0 spiro atoms. The Morgan fingerprint density at radius 3 is 2.41 bits per heavy atom. The van der Waals surface area contributed by atoms with Crippen molar-refractivity contribution in [2.75, 3.05) is 27.9 Å². The van der Waals surface area contributed by atoms with Gasteiger partial charge in [0.2, 0.25) is 11.7 Å². The van der Waals surface area contributed by atoms with Gasteiger partial charge < -0.3 is 44.0 Å². The molecule has 1 aliphatic heterocycles. The number of para-hydroxylation sites is 2. The first-order valence-electron chi connectivity index (χ1n) is 17.7. The van der Waals surface area contributed by atoms with E-state index in [0.717, 1.165) is 0 Å². The molecule has 0 saturated heterocycles. The van der Waals surface area contributed by atoms with Crippen LogP contribution in [0, 0.1) is 0 Å². The number of benzene rings is 3. The average Bonchev–Trinajstić information content (AvgIpc) is 3.14. The number of phenolic OH excluding ortho intramolecular Hbond substituents is 2. The van der Waals surface area contributed by atoms with Crippen LogP contribution in [0.4, 0.5) is 0 Å². The molecule has 286 valence electrons. The molecule has 0 bridgehead atoms. The number of aromatic hydroxyl groups is 2. The molecule has 1 aromatic heterocycles. The predicted molar refractivity (Wildman–Crippen MR) is 201 cm³/mol. The van der Waals surface area contributed by atoms with Crippen molar-refractivity contribution >= 4 is 34.8 Å². The molecule has 2 atom stereocenters. The van der Waals surface area contributed by atoms with E-state index in [2.05, 4.69) is 10.3 Å². The van der Waals surface area contributed by atoms with Crippen molar-refractivity contribution in [1.82, 2.24) is 14.9 Å². The van der Waals surface area contributed by atoms with Crippen molar-refractivity contribution in [2.45, 2.75) is 70.4 Å². The maximum atomic E-state index is 13.8. The van der Waals surface area contributed by atoms with Crippen molar-refractivity contribution in [3.05, 3.63) is 91.5 Å². The normalized spacial score (nSPS) is 15.8. The fraction of sp³-hybridized carbons (Fsp3) is 0.375. The Hall–Kier alpha value is -6.05. The molecule has 4 N–H and O–H groups in total. The van der Waals surface area contributed by atoms with E-state index in [0.29, 0.717) is 55.1 Å². The van der Waals surface area contributed by atoms with Gasteiger partial charge in [0.05, 0.1) is 38.5 Å². The first-order chi connectivity index (χ1) is 26.0. The van der Waals surface area contributed by atoms with Crippen molar-refractivity contribution in [1.29, 1.82) is 0 Å². The number of Topliss-reactive ketones (excluding diaryl/α,β-unsaturated/α-hetero) is 1.